The van der Waals surface area contributed by atoms with Crippen LogP contribution in [-0.4, -0.2) is 12.6 Å². The zero-order valence-electron chi connectivity index (χ0n) is 10.1. The van der Waals surface area contributed by atoms with E-state index in [0.29, 0.717) is 0 Å². The molecule has 0 amide bonds. The number of hydrogen-bond donors (Lipinski definition) is 1. The van der Waals surface area contributed by atoms with Gasteiger partial charge in [0.05, 0.1) is 12.6 Å². The van der Waals surface area contributed by atoms with Gasteiger partial charge in [-0.1, -0.05) is 12.1 Å². The zero-order chi connectivity index (χ0) is 11.2. The van der Waals surface area contributed by atoms with Crippen LogP contribution in [-0.2, 0) is 6.54 Å². The van der Waals surface area contributed by atoms with Gasteiger partial charge in [-0.05, 0) is 44.7 Å². The quantitative estimate of drug-likeness (QED) is 0.808. The second-order valence-corrected chi connectivity index (χ2v) is 4.53. The molecule has 0 saturated heterocycles. The first kappa shape index (κ1) is 11.5. The molecule has 0 spiro atoms. The Morgan fingerprint density at radius 3 is 2.75 bits per heavy atom. The number of hydrogen-bond acceptors (Lipinski definition) is 1. The minimum absolute atomic E-state index is 0.750. The first-order valence-corrected chi connectivity index (χ1v) is 6.44. The van der Waals surface area contributed by atoms with Crippen LogP contribution in [0.4, 0.5) is 0 Å². The second kappa shape index (κ2) is 5.90. The molecular weight excluding hydrogens is 198 g/mol. The maximum absolute atomic E-state index is 5.63. The van der Waals surface area contributed by atoms with E-state index in [9.17, 15) is 0 Å². The van der Waals surface area contributed by atoms with E-state index in [0.717, 1.165) is 24.9 Å². The van der Waals surface area contributed by atoms with Gasteiger partial charge in [0.15, 0.2) is 0 Å². The van der Waals surface area contributed by atoms with E-state index in [2.05, 4.69) is 23.5 Å². The lowest BCUT2D eigenvalue weighted by Crippen LogP contribution is -2.87. The number of benzene rings is 1. The Labute approximate surface area is 98.0 Å². The van der Waals surface area contributed by atoms with Crippen molar-refractivity contribution in [2.45, 2.75) is 45.2 Å². The van der Waals surface area contributed by atoms with Crippen LogP contribution < -0.4 is 10.1 Å². The Balaban J connectivity index is 1.91. The highest BCUT2D eigenvalue weighted by atomic mass is 16.5. The topological polar surface area (TPSA) is 25.8 Å². The average Bonchev–Trinajstić information content (AvgIpc) is 2.81. The third kappa shape index (κ3) is 2.99. The van der Waals surface area contributed by atoms with Crippen molar-refractivity contribution in [1.29, 1.82) is 0 Å². The van der Waals surface area contributed by atoms with Gasteiger partial charge in [0.25, 0.3) is 0 Å². The van der Waals surface area contributed by atoms with Crippen molar-refractivity contribution in [3.63, 3.8) is 0 Å². The van der Waals surface area contributed by atoms with Crippen molar-refractivity contribution < 1.29 is 10.1 Å². The first-order chi connectivity index (χ1) is 7.90. The lowest BCUT2D eigenvalue weighted by atomic mass is 10.1. The van der Waals surface area contributed by atoms with Crippen molar-refractivity contribution in [2.24, 2.45) is 0 Å². The fourth-order valence-electron chi connectivity index (χ4n) is 2.46. The summed E-state index contributed by atoms with van der Waals surface area (Å²) >= 11 is 0. The maximum Gasteiger partial charge on any atom is 0.128 e. The maximum atomic E-state index is 5.63. The lowest BCUT2D eigenvalue weighted by molar-refractivity contribution is -0.703. The van der Waals surface area contributed by atoms with Gasteiger partial charge in [0.2, 0.25) is 0 Å². The number of ether oxygens (including phenoxy) is 1. The van der Waals surface area contributed by atoms with Crippen LogP contribution in [0.3, 0.4) is 0 Å². The number of para-hydroxylation sites is 1. The normalized spacial score (nSPS) is 16.6. The van der Waals surface area contributed by atoms with Gasteiger partial charge in [-0.25, -0.2) is 0 Å². The van der Waals surface area contributed by atoms with Crippen LogP contribution in [0.25, 0.3) is 0 Å². The monoisotopic (exact) mass is 220 g/mol. The predicted molar refractivity (Wildman–Crippen MR) is 65.5 cm³/mol. The summed E-state index contributed by atoms with van der Waals surface area (Å²) in [5, 5.41) is 2.48. The largest absolute Gasteiger partial charge is 0.493 e. The van der Waals surface area contributed by atoms with E-state index in [4.69, 9.17) is 4.74 Å². The molecule has 16 heavy (non-hydrogen) atoms. The molecule has 2 nitrogen and oxygen atoms in total. The van der Waals surface area contributed by atoms with Gasteiger partial charge < -0.3 is 10.1 Å². The van der Waals surface area contributed by atoms with Crippen molar-refractivity contribution >= 4 is 0 Å². The molecule has 0 radical (unpaired) electrons. The summed E-state index contributed by atoms with van der Waals surface area (Å²) in [6.07, 6.45) is 5.59. The van der Waals surface area contributed by atoms with Gasteiger partial charge >= 0.3 is 0 Å². The van der Waals surface area contributed by atoms with Crippen LogP contribution in [0.2, 0.25) is 0 Å². The Bertz CT molecular complexity index is 318. The number of quaternary nitrogens is 1. The summed E-state index contributed by atoms with van der Waals surface area (Å²) in [5.41, 5.74) is 1.33. The van der Waals surface area contributed by atoms with Crippen LogP contribution in [0.5, 0.6) is 5.75 Å². The highest BCUT2D eigenvalue weighted by Gasteiger charge is 2.18. The number of nitrogens with two attached hydrogens (primary N) is 1. The van der Waals surface area contributed by atoms with Gasteiger partial charge in [-0.15, -0.1) is 0 Å². The van der Waals surface area contributed by atoms with Gasteiger partial charge in [0, 0.05) is 5.56 Å². The summed E-state index contributed by atoms with van der Waals surface area (Å²) in [6, 6.07) is 9.23. The Kier molecular flexibility index (Phi) is 4.23. The average molecular weight is 220 g/mol. The van der Waals surface area contributed by atoms with Crippen LogP contribution in [0, 0.1) is 0 Å². The predicted octanol–water partition coefficient (Wildman–Crippen LogP) is 2.09. The SMILES string of the molecule is CCOc1ccccc1C[NH2+]C1CCCC1. The van der Waals surface area contributed by atoms with Crippen molar-refractivity contribution in [3.05, 3.63) is 29.8 Å². The molecule has 1 saturated carbocycles. The summed E-state index contributed by atoms with van der Waals surface area (Å²) in [6.45, 7) is 3.85. The second-order valence-electron chi connectivity index (χ2n) is 4.53. The van der Waals surface area contributed by atoms with E-state index in [1.807, 2.05) is 13.0 Å². The molecule has 1 aliphatic carbocycles. The van der Waals surface area contributed by atoms with E-state index >= 15 is 0 Å². The molecule has 1 aromatic carbocycles. The molecule has 0 bridgehead atoms. The highest BCUT2D eigenvalue weighted by molar-refractivity contribution is 5.32. The van der Waals surface area contributed by atoms with Crippen molar-refractivity contribution in [2.75, 3.05) is 6.61 Å². The van der Waals surface area contributed by atoms with Crippen LogP contribution >= 0.6 is 0 Å². The molecule has 2 heteroatoms. The van der Waals surface area contributed by atoms with Crippen molar-refractivity contribution in [1.82, 2.24) is 0 Å². The third-order valence-corrected chi connectivity index (χ3v) is 3.34. The zero-order valence-corrected chi connectivity index (χ0v) is 10.1. The van der Waals surface area contributed by atoms with Gasteiger partial charge in [-0.3, -0.25) is 0 Å². The van der Waals surface area contributed by atoms with E-state index in [-0.39, 0.29) is 0 Å². The molecule has 0 aromatic heterocycles. The molecule has 0 heterocycles. The standard InChI is InChI=1S/C14H21NO/c1-2-16-14-10-6-3-7-12(14)11-15-13-8-4-5-9-13/h3,6-7,10,13,15H,2,4-5,8-9,11H2,1H3/p+1. The van der Waals surface area contributed by atoms with Gasteiger partial charge in [-0.2, -0.15) is 0 Å². The third-order valence-electron chi connectivity index (χ3n) is 3.34. The summed E-state index contributed by atoms with van der Waals surface area (Å²) in [5.74, 6) is 1.05. The molecule has 2 rings (SSSR count). The molecule has 1 aromatic rings. The van der Waals surface area contributed by atoms with Crippen molar-refractivity contribution in [3.8, 4) is 5.75 Å². The molecule has 88 valence electrons. The number of rotatable bonds is 5. The molecule has 2 N–H and O–H groups in total. The minimum atomic E-state index is 0.750. The fourth-order valence-corrected chi connectivity index (χ4v) is 2.46. The Hall–Kier alpha value is -1.02. The van der Waals surface area contributed by atoms with E-state index in [1.165, 1.54) is 31.2 Å². The molecule has 0 unspecified atom stereocenters. The summed E-state index contributed by atoms with van der Waals surface area (Å²) < 4.78 is 5.63. The first-order valence-electron chi connectivity index (χ1n) is 6.44. The molecule has 0 aliphatic heterocycles. The molecule has 1 aliphatic rings. The minimum Gasteiger partial charge on any atom is -0.493 e. The Morgan fingerprint density at radius 1 is 1.25 bits per heavy atom. The highest BCUT2D eigenvalue weighted by Crippen LogP contribution is 2.18. The van der Waals surface area contributed by atoms with Gasteiger partial charge in [0.1, 0.15) is 12.3 Å². The Morgan fingerprint density at radius 2 is 2.00 bits per heavy atom. The summed E-state index contributed by atoms with van der Waals surface area (Å²) in [4.78, 5) is 0. The van der Waals surface area contributed by atoms with Crippen LogP contribution in [0.1, 0.15) is 38.2 Å². The molecular formula is C14H22NO+. The molecule has 1 fully saturated rings. The smallest absolute Gasteiger partial charge is 0.128 e. The van der Waals surface area contributed by atoms with Crippen LogP contribution in [0.15, 0.2) is 24.3 Å². The fraction of sp³-hybridized carbons (Fsp3) is 0.571. The molecule has 0 atom stereocenters. The lowest BCUT2D eigenvalue weighted by Gasteiger charge is -2.12. The summed E-state index contributed by atoms with van der Waals surface area (Å²) in [7, 11) is 0. The van der Waals surface area contributed by atoms with E-state index < -0.39 is 0 Å². The van der Waals surface area contributed by atoms with E-state index in [1.54, 1.807) is 0 Å².